The van der Waals surface area contributed by atoms with Gasteiger partial charge in [-0.2, -0.15) is 0 Å². The summed E-state index contributed by atoms with van der Waals surface area (Å²) in [4.78, 5) is 25.8. The monoisotopic (exact) mass is 355 g/mol. The van der Waals surface area contributed by atoms with E-state index in [-0.39, 0.29) is 18.4 Å². The number of fused-ring (bicyclic) bond motifs is 1. The Morgan fingerprint density at radius 2 is 1.76 bits per heavy atom. The van der Waals surface area contributed by atoms with E-state index < -0.39 is 0 Å². The van der Waals surface area contributed by atoms with Crippen molar-refractivity contribution in [1.29, 1.82) is 0 Å². The lowest BCUT2D eigenvalue weighted by molar-refractivity contribution is 0.0664. The highest BCUT2D eigenvalue weighted by Crippen LogP contribution is 2.27. The molecule has 0 unspecified atom stereocenters. The predicted molar refractivity (Wildman–Crippen MR) is 89.3 cm³/mol. The van der Waals surface area contributed by atoms with Crippen LogP contribution < -0.4 is 0 Å². The van der Waals surface area contributed by atoms with E-state index in [9.17, 15) is 9.59 Å². The molecule has 3 aromatic rings. The van der Waals surface area contributed by atoms with Crippen LogP contribution in [-0.4, -0.2) is 39.2 Å². The third kappa shape index (κ3) is 2.74. The molecule has 2 aromatic heterocycles. The number of hydrogen-bond acceptors (Lipinski definition) is 7. The number of imide groups is 1. The molecule has 8 heteroatoms. The zero-order valence-corrected chi connectivity index (χ0v) is 14.1. The largest absolute Gasteiger partial charge is 0.469 e. The van der Waals surface area contributed by atoms with Gasteiger partial charge in [0.15, 0.2) is 0 Å². The van der Waals surface area contributed by atoms with Crippen LogP contribution in [0, 0.1) is 6.92 Å². The molecule has 1 aliphatic rings. The van der Waals surface area contributed by atoms with Crippen molar-refractivity contribution in [3.8, 4) is 11.5 Å². The SMILES string of the molecule is Cc1occc1-c1nnc(SCCN2C(=O)c3ccccc3C2=O)o1. The van der Waals surface area contributed by atoms with Crippen LogP contribution in [0.15, 0.2) is 50.7 Å². The van der Waals surface area contributed by atoms with Gasteiger partial charge < -0.3 is 8.83 Å². The summed E-state index contributed by atoms with van der Waals surface area (Å²) in [6.07, 6.45) is 1.56. The highest BCUT2D eigenvalue weighted by atomic mass is 32.2. The smallest absolute Gasteiger partial charge is 0.276 e. The van der Waals surface area contributed by atoms with Gasteiger partial charge in [0.05, 0.1) is 23.0 Å². The molecule has 7 nitrogen and oxygen atoms in total. The number of aromatic nitrogens is 2. The summed E-state index contributed by atoms with van der Waals surface area (Å²) in [5.74, 6) is 1.03. The molecule has 1 aromatic carbocycles. The number of aryl methyl sites for hydroxylation is 1. The molecule has 0 fully saturated rings. The van der Waals surface area contributed by atoms with Gasteiger partial charge in [0, 0.05) is 12.3 Å². The molecule has 1 aliphatic heterocycles. The van der Waals surface area contributed by atoms with Crippen molar-refractivity contribution < 1.29 is 18.4 Å². The van der Waals surface area contributed by atoms with Crippen molar-refractivity contribution in [1.82, 2.24) is 15.1 Å². The van der Waals surface area contributed by atoms with Gasteiger partial charge in [0.1, 0.15) is 5.76 Å². The molecular formula is C17H13N3O4S. The first-order chi connectivity index (χ1) is 12.1. The van der Waals surface area contributed by atoms with Gasteiger partial charge in [-0.05, 0) is 25.1 Å². The highest BCUT2D eigenvalue weighted by Gasteiger charge is 2.34. The molecule has 25 heavy (non-hydrogen) atoms. The van der Waals surface area contributed by atoms with E-state index in [1.165, 1.54) is 16.7 Å². The third-order valence-corrected chi connectivity index (χ3v) is 4.71. The number of thioether (sulfide) groups is 1. The lowest BCUT2D eigenvalue weighted by Gasteiger charge is -2.12. The minimum atomic E-state index is -0.263. The Balaban J connectivity index is 1.39. The van der Waals surface area contributed by atoms with Gasteiger partial charge in [-0.1, -0.05) is 23.9 Å². The summed E-state index contributed by atoms with van der Waals surface area (Å²) in [6.45, 7) is 2.09. The van der Waals surface area contributed by atoms with Crippen LogP contribution in [0.25, 0.3) is 11.5 Å². The second kappa shape index (κ2) is 6.21. The van der Waals surface area contributed by atoms with E-state index >= 15 is 0 Å². The summed E-state index contributed by atoms with van der Waals surface area (Å²) in [5, 5.41) is 8.34. The van der Waals surface area contributed by atoms with Gasteiger partial charge in [-0.25, -0.2) is 0 Å². The van der Waals surface area contributed by atoms with Crippen molar-refractivity contribution >= 4 is 23.6 Å². The third-order valence-electron chi connectivity index (χ3n) is 3.91. The van der Waals surface area contributed by atoms with Crippen molar-refractivity contribution in [2.45, 2.75) is 12.1 Å². The average molecular weight is 355 g/mol. The number of benzene rings is 1. The summed E-state index contributed by atoms with van der Waals surface area (Å²) in [5.41, 5.74) is 1.65. The maximum absolute atomic E-state index is 12.3. The number of furan rings is 1. The van der Waals surface area contributed by atoms with Gasteiger partial charge in [-0.15, -0.1) is 10.2 Å². The number of carbonyl (C=O) groups excluding carboxylic acids is 2. The van der Waals surface area contributed by atoms with E-state index in [1.807, 2.05) is 6.92 Å². The number of carbonyl (C=O) groups is 2. The zero-order valence-electron chi connectivity index (χ0n) is 13.3. The Morgan fingerprint density at radius 1 is 1.04 bits per heavy atom. The minimum absolute atomic E-state index is 0.263. The topological polar surface area (TPSA) is 89.4 Å². The number of amides is 2. The van der Waals surface area contributed by atoms with E-state index in [4.69, 9.17) is 8.83 Å². The molecule has 0 bridgehead atoms. The maximum Gasteiger partial charge on any atom is 0.276 e. The number of nitrogens with zero attached hydrogens (tertiary/aromatic N) is 3. The van der Waals surface area contributed by atoms with Crippen LogP contribution >= 0.6 is 11.8 Å². The molecule has 4 rings (SSSR count). The minimum Gasteiger partial charge on any atom is -0.469 e. The molecule has 0 spiro atoms. The Hall–Kier alpha value is -2.87. The van der Waals surface area contributed by atoms with Gasteiger partial charge >= 0.3 is 0 Å². The van der Waals surface area contributed by atoms with Crippen LogP contribution in [0.3, 0.4) is 0 Å². The number of rotatable bonds is 5. The van der Waals surface area contributed by atoms with Crippen LogP contribution in [0.1, 0.15) is 26.5 Å². The first kappa shape index (κ1) is 15.6. The van der Waals surface area contributed by atoms with Gasteiger partial charge in [-0.3, -0.25) is 14.5 Å². The van der Waals surface area contributed by atoms with E-state index in [0.717, 1.165) is 5.56 Å². The number of hydrogen-bond donors (Lipinski definition) is 0. The molecule has 0 radical (unpaired) electrons. The van der Waals surface area contributed by atoms with Crippen molar-refractivity contribution in [2.75, 3.05) is 12.3 Å². The highest BCUT2D eigenvalue weighted by molar-refractivity contribution is 7.99. The van der Waals surface area contributed by atoms with Crippen LogP contribution in [-0.2, 0) is 0 Å². The predicted octanol–water partition coefficient (Wildman–Crippen LogP) is 3.03. The molecule has 3 heterocycles. The van der Waals surface area contributed by atoms with Gasteiger partial charge in [0.2, 0.25) is 0 Å². The lowest BCUT2D eigenvalue weighted by atomic mass is 10.1. The summed E-state index contributed by atoms with van der Waals surface area (Å²) in [7, 11) is 0. The average Bonchev–Trinajstić information content (AvgIpc) is 3.31. The molecule has 126 valence electrons. The van der Waals surface area contributed by atoms with Crippen molar-refractivity contribution in [2.24, 2.45) is 0 Å². The van der Waals surface area contributed by atoms with Crippen LogP contribution in [0.2, 0.25) is 0 Å². The summed E-state index contributed by atoms with van der Waals surface area (Å²) in [6, 6.07) is 8.59. The first-order valence-electron chi connectivity index (χ1n) is 7.61. The fourth-order valence-corrected chi connectivity index (χ4v) is 3.34. The summed E-state index contributed by atoms with van der Waals surface area (Å²) >= 11 is 1.30. The molecule has 0 atom stereocenters. The summed E-state index contributed by atoms with van der Waals surface area (Å²) < 4.78 is 10.8. The standard InChI is InChI=1S/C17H13N3O4S/c1-10-11(6-8-23-10)14-18-19-17(24-14)25-9-7-20-15(21)12-4-2-3-5-13(12)16(20)22/h2-6,8H,7,9H2,1H3. The molecule has 0 saturated heterocycles. The second-order valence-electron chi connectivity index (χ2n) is 5.42. The normalized spacial score (nSPS) is 13.6. The Bertz CT molecular complexity index is 927. The van der Waals surface area contributed by atoms with Crippen LogP contribution in [0.4, 0.5) is 0 Å². The Labute approximate surface area is 147 Å². The Morgan fingerprint density at radius 3 is 2.40 bits per heavy atom. The first-order valence-corrected chi connectivity index (χ1v) is 8.59. The Kier molecular flexibility index (Phi) is 3.89. The van der Waals surface area contributed by atoms with E-state index in [0.29, 0.717) is 33.8 Å². The molecular weight excluding hydrogens is 342 g/mol. The van der Waals surface area contributed by atoms with E-state index in [1.54, 1.807) is 36.6 Å². The van der Waals surface area contributed by atoms with Gasteiger partial charge in [0.25, 0.3) is 22.9 Å². The fourth-order valence-electron chi connectivity index (χ4n) is 2.65. The van der Waals surface area contributed by atoms with Crippen molar-refractivity contribution in [3.63, 3.8) is 0 Å². The van der Waals surface area contributed by atoms with Crippen LogP contribution in [0.5, 0.6) is 0 Å². The zero-order chi connectivity index (χ0) is 17.4. The van der Waals surface area contributed by atoms with Crippen molar-refractivity contribution in [3.05, 3.63) is 53.5 Å². The fraction of sp³-hybridized carbons (Fsp3) is 0.176. The molecule has 0 aliphatic carbocycles. The quantitative estimate of drug-likeness (QED) is 0.513. The lowest BCUT2D eigenvalue weighted by Crippen LogP contribution is -2.31. The molecule has 2 amide bonds. The second-order valence-corrected chi connectivity index (χ2v) is 6.47. The molecule has 0 N–H and O–H groups in total. The molecule has 0 saturated carbocycles. The van der Waals surface area contributed by atoms with E-state index in [2.05, 4.69) is 10.2 Å². The maximum atomic E-state index is 12.3.